The number of rotatable bonds is 5. The van der Waals surface area contributed by atoms with Crippen molar-refractivity contribution in [3.63, 3.8) is 0 Å². The van der Waals surface area contributed by atoms with Crippen molar-refractivity contribution in [2.75, 3.05) is 30.8 Å². The van der Waals surface area contributed by atoms with E-state index in [2.05, 4.69) is 0 Å². The Morgan fingerprint density at radius 2 is 1.86 bits per heavy atom. The normalized spacial score (nSPS) is 19.0. The topological polar surface area (TPSA) is 118 Å². The number of halogens is 2. The minimum atomic E-state index is -1.48. The molecule has 0 unspecified atom stereocenters. The van der Waals surface area contributed by atoms with E-state index < -0.39 is 51.4 Å². The number of benzene rings is 1. The van der Waals surface area contributed by atoms with Crippen LogP contribution in [0.1, 0.15) is 63.4 Å². The van der Waals surface area contributed by atoms with Crippen LogP contribution in [0.15, 0.2) is 11.0 Å². The molecule has 1 saturated carbocycles. The van der Waals surface area contributed by atoms with E-state index in [4.69, 9.17) is 10.5 Å². The molecule has 2 atom stereocenters. The van der Waals surface area contributed by atoms with E-state index in [1.807, 2.05) is 6.92 Å². The molecule has 9 nitrogen and oxygen atoms in total. The monoisotopic (exact) mass is 506 g/mol. The minimum absolute atomic E-state index is 0.0988. The Morgan fingerprint density at radius 1 is 1.22 bits per heavy atom. The van der Waals surface area contributed by atoms with Crippen molar-refractivity contribution >= 4 is 34.3 Å². The molecule has 11 heteroatoms. The summed E-state index contributed by atoms with van der Waals surface area (Å²) in [7, 11) is 1.63. The number of amides is 1. The summed E-state index contributed by atoms with van der Waals surface area (Å²) in [4.78, 5) is 40.0. The average Bonchev–Trinajstić information content (AvgIpc) is 3.52. The van der Waals surface area contributed by atoms with Crippen LogP contribution < -0.4 is 16.1 Å². The molecule has 36 heavy (non-hydrogen) atoms. The third kappa shape index (κ3) is 4.46. The number of hydrogen-bond donors (Lipinski definition) is 2. The molecule has 2 aliphatic rings. The first-order valence-corrected chi connectivity index (χ1v) is 12.0. The lowest BCUT2D eigenvalue weighted by molar-refractivity contribution is 0.0192. The molecule has 2 fully saturated rings. The zero-order chi connectivity index (χ0) is 26.7. The van der Waals surface area contributed by atoms with Gasteiger partial charge in [-0.1, -0.05) is 0 Å². The highest BCUT2D eigenvalue weighted by Crippen LogP contribution is 2.42. The zero-order valence-electron chi connectivity index (χ0n) is 21.1. The van der Waals surface area contributed by atoms with Gasteiger partial charge in [-0.2, -0.15) is 0 Å². The number of carboxylic acids is 1. The van der Waals surface area contributed by atoms with Gasteiger partial charge in [-0.3, -0.25) is 4.79 Å². The predicted molar refractivity (Wildman–Crippen MR) is 132 cm³/mol. The number of anilines is 2. The lowest BCUT2D eigenvalue weighted by atomic mass is 9.99. The highest BCUT2D eigenvalue weighted by atomic mass is 19.1. The quantitative estimate of drug-likeness (QED) is 0.589. The molecule has 0 bridgehead atoms. The summed E-state index contributed by atoms with van der Waals surface area (Å²) in [6.07, 6.45) is 2.58. The van der Waals surface area contributed by atoms with Crippen LogP contribution in [0, 0.1) is 17.6 Å². The largest absolute Gasteiger partial charge is 0.477 e. The predicted octanol–water partition coefficient (Wildman–Crippen LogP) is 3.98. The van der Waals surface area contributed by atoms with Crippen molar-refractivity contribution < 1.29 is 28.2 Å². The summed E-state index contributed by atoms with van der Waals surface area (Å²) < 4.78 is 38.4. The number of hydrogen-bond acceptors (Lipinski definition) is 6. The number of pyridine rings is 1. The first-order valence-electron chi connectivity index (χ1n) is 12.0. The van der Waals surface area contributed by atoms with Crippen molar-refractivity contribution in [2.24, 2.45) is 5.92 Å². The van der Waals surface area contributed by atoms with E-state index >= 15 is 8.78 Å². The Hall–Kier alpha value is -3.37. The Morgan fingerprint density at radius 3 is 2.42 bits per heavy atom. The van der Waals surface area contributed by atoms with Gasteiger partial charge in [0.1, 0.15) is 16.9 Å². The van der Waals surface area contributed by atoms with Crippen LogP contribution >= 0.6 is 0 Å². The standard InChI is InChI=1S/C25H32F2N4O5/c1-12(29(5)24(35)36-25(2,3)4)13-8-9-30(10-13)21-17(26)19(28)16-20(18(21)27)31(14-6-7-14)11-15(22(16)32)23(33)34/h11-14H,6-10,28H2,1-5H3,(H,33,34)/t12-,13+/m0/s1. The van der Waals surface area contributed by atoms with Crippen molar-refractivity contribution in [1.82, 2.24) is 9.47 Å². The molecule has 0 radical (unpaired) electrons. The molecular weight excluding hydrogens is 474 g/mol. The van der Waals surface area contributed by atoms with Gasteiger partial charge in [0.2, 0.25) is 5.43 Å². The van der Waals surface area contributed by atoms with Gasteiger partial charge in [0, 0.05) is 38.4 Å². The number of carbonyl (C=O) groups excluding carboxylic acids is 1. The number of aromatic nitrogens is 1. The van der Waals surface area contributed by atoms with Gasteiger partial charge in [0.05, 0.1) is 16.6 Å². The third-order valence-corrected chi connectivity index (χ3v) is 7.05. The van der Waals surface area contributed by atoms with Gasteiger partial charge in [-0.15, -0.1) is 0 Å². The lowest BCUT2D eigenvalue weighted by Crippen LogP contribution is -2.43. The summed E-state index contributed by atoms with van der Waals surface area (Å²) in [5.74, 6) is -3.61. The van der Waals surface area contributed by atoms with Crippen LogP contribution in [0.25, 0.3) is 10.9 Å². The van der Waals surface area contributed by atoms with E-state index in [9.17, 15) is 19.5 Å². The highest BCUT2D eigenvalue weighted by Gasteiger charge is 2.37. The van der Waals surface area contributed by atoms with Crippen LogP contribution in [-0.4, -0.2) is 58.4 Å². The van der Waals surface area contributed by atoms with Gasteiger partial charge in [0.25, 0.3) is 0 Å². The molecule has 4 rings (SSSR count). The van der Waals surface area contributed by atoms with Gasteiger partial charge in [0.15, 0.2) is 11.6 Å². The maximum atomic E-state index is 16.0. The molecule has 3 N–H and O–H groups in total. The number of aromatic carboxylic acids is 1. The summed E-state index contributed by atoms with van der Waals surface area (Å²) in [5, 5.41) is 9.00. The molecule has 2 aromatic rings. The Bertz CT molecular complexity index is 1300. The molecule has 0 spiro atoms. The maximum Gasteiger partial charge on any atom is 0.410 e. The number of nitrogens with zero attached hydrogens (tertiary/aromatic N) is 3. The molecule has 1 aromatic heterocycles. The molecule has 1 amide bonds. The van der Waals surface area contributed by atoms with Gasteiger partial charge >= 0.3 is 12.1 Å². The number of nitrogen functional groups attached to an aromatic ring is 1. The summed E-state index contributed by atoms with van der Waals surface area (Å²) in [5.41, 5.74) is 2.69. The van der Waals surface area contributed by atoms with E-state index in [-0.39, 0.29) is 35.8 Å². The Kier molecular flexibility index (Phi) is 6.38. The Balaban J connectivity index is 1.72. The fraction of sp³-hybridized carbons (Fsp3) is 0.560. The average molecular weight is 507 g/mol. The second kappa shape index (κ2) is 8.94. The van der Waals surface area contributed by atoms with Crippen LogP contribution in [0.3, 0.4) is 0 Å². The van der Waals surface area contributed by atoms with Crippen molar-refractivity contribution in [2.45, 2.75) is 64.6 Å². The zero-order valence-corrected chi connectivity index (χ0v) is 21.1. The Labute approximate surface area is 207 Å². The maximum absolute atomic E-state index is 16.0. The first-order chi connectivity index (χ1) is 16.7. The number of carboxylic acid groups (broad SMARTS) is 1. The second-order valence-electron chi connectivity index (χ2n) is 10.8. The highest BCUT2D eigenvalue weighted by molar-refractivity contribution is 5.99. The van der Waals surface area contributed by atoms with Gasteiger partial charge in [-0.25, -0.2) is 18.4 Å². The lowest BCUT2D eigenvalue weighted by Gasteiger charge is -2.32. The minimum Gasteiger partial charge on any atom is -0.477 e. The number of carbonyl (C=O) groups is 2. The van der Waals surface area contributed by atoms with E-state index in [1.54, 1.807) is 27.8 Å². The molecule has 1 aromatic carbocycles. The molecular formula is C25H32F2N4O5. The molecule has 1 saturated heterocycles. The van der Waals surface area contributed by atoms with Crippen LogP contribution in [-0.2, 0) is 4.74 Å². The van der Waals surface area contributed by atoms with Crippen molar-refractivity contribution in [1.29, 1.82) is 0 Å². The first kappa shape index (κ1) is 25.7. The fourth-order valence-electron chi connectivity index (χ4n) is 4.82. The van der Waals surface area contributed by atoms with E-state index in [0.717, 1.165) is 6.20 Å². The fourth-order valence-corrected chi connectivity index (χ4v) is 4.82. The van der Waals surface area contributed by atoms with Gasteiger partial charge < -0.3 is 29.9 Å². The smallest absolute Gasteiger partial charge is 0.410 e. The van der Waals surface area contributed by atoms with Crippen LogP contribution in [0.4, 0.5) is 25.0 Å². The summed E-state index contributed by atoms with van der Waals surface area (Å²) >= 11 is 0. The van der Waals surface area contributed by atoms with Crippen molar-refractivity contribution in [3.05, 3.63) is 33.6 Å². The summed E-state index contributed by atoms with van der Waals surface area (Å²) in [6.45, 7) is 7.76. The third-order valence-electron chi connectivity index (χ3n) is 7.05. The molecule has 2 heterocycles. The van der Waals surface area contributed by atoms with E-state index in [1.165, 1.54) is 14.4 Å². The second-order valence-corrected chi connectivity index (χ2v) is 10.8. The molecule has 1 aliphatic heterocycles. The van der Waals surface area contributed by atoms with E-state index in [0.29, 0.717) is 25.8 Å². The van der Waals surface area contributed by atoms with Gasteiger partial charge in [-0.05, 0) is 52.9 Å². The number of ether oxygens (including phenoxy) is 1. The van der Waals surface area contributed by atoms with Crippen LogP contribution in [0.2, 0.25) is 0 Å². The molecule has 196 valence electrons. The SMILES string of the molecule is C[C@@H]([C@@H]1CCN(c2c(F)c(N)c3c(=O)c(C(=O)O)cn(C4CC4)c3c2F)C1)N(C)C(=O)OC(C)(C)C. The van der Waals surface area contributed by atoms with Crippen molar-refractivity contribution in [3.8, 4) is 0 Å². The number of nitrogens with two attached hydrogens (primary N) is 1. The molecule has 1 aliphatic carbocycles. The van der Waals surface area contributed by atoms with Crippen LogP contribution in [0.5, 0.6) is 0 Å². The number of fused-ring (bicyclic) bond motifs is 1. The summed E-state index contributed by atoms with van der Waals surface area (Å²) in [6, 6.07) is -0.455.